The summed E-state index contributed by atoms with van der Waals surface area (Å²) >= 11 is 6.35. The van der Waals surface area contributed by atoms with Gasteiger partial charge < -0.3 is 25.1 Å². The first-order chi connectivity index (χ1) is 12.0. The summed E-state index contributed by atoms with van der Waals surface area (Å²) in [7, 11) is 0. The van der Waals surface area contributed by atoms with Crippen LogP contribution in [0.25, 0.3) is 11.0 Å². The van der Waals surface area contributed by atoms with Crippen LogP contribution in [0.1, 0.15) is 24.7 Å². The number of nitrogens with zero attached hydrogens (tertiary/aromatic N) is 1. The number of fused-ring (bicyclic) bond motifs is 1. The predicted octanol–water partition coefficient (Wildman–Crippen LogP) is 3.54. The van der Waals surface area contributed by atoms with Gasteiger partial charge in [0.1, 0.15) is 5.76 Å². The smallest absolute Gasteiger partial charge is 0.322 e. The zero-order valence-electron chi connectivity index (χ0n) is 14.6. The Hall–Kier alpha value is -1.76. The largest absolute Gasteiger partial charge is 0.459 e. The number of furan rings is 1. The molecule has 0 spiro atoms. The minimum Gasteiger partial charge on any atom is -0.459 e. The van der Waals surface area contributed by atoms with Gasteiger partial charge >= 0.3 is 6.03 Å². The molecular weight excluding hydrogens is 342 g/mol. The van der Waals surface area contributed by atoms with Crippen molar-refractivity contribution in [2.24, 2.45) is 5.73 Å². The second-order valence-electron chi connectivity index (χ2n) is 6.28. The molecule has 7 heteroatoms. The van der Waals surface area contributed by atoms with Crippen molar-refractivity contribution in [3.8, 4) is 0 Å². The molecule has 25 heavy (non-hydrogen) atoms. The number of urea groups is 1. The molecule has 1 saturated heterocycles. The molecule has 2 aromatic rings. The summed E-state index contributed by atoms with van der Waals surface area (Å²) in [6.07, 6.45) is 1.54. The van der Waals surface area contributed by atoms with Crippen LogP contribution >= 0.6 is 11.6 Å². The maximum absolute atomic E-state index is 12.6. The van der Waals surface area contributed by atoms with Crippen molar-refractivity contribution >= 4 is 34.3 Å². The number of hydrogen-bond donors (Lipinski definition) is 2. The SMILES string of the molecule is CCc1oc2c(Cl)cc(NC(=O)N3CCO[C@@H](CCN)C3)cc2c1C. The average Bonchev–Trinajstić information content (AvgIpc) is 2.92. The molecule has 0 radical (unpaired) electrons. The van der Waals surface area contributed by atoms with E-state index in [4.69, 9.17) is 26.5 Å². The Morgan fingerprint density at radius 3 is 3.00 bits per heavy atom. The minimum atomic E-state index is -0.155. The summed E-state index contributed by atoms with van der Waals surface area (Å²) < 4.78 is 11.4. The van der Waals surface area contributed by atoms with Gasteiger partial charge in [-0.25, -0.2) is 4.79 Å². The first-order valence-electron chi connectivity index (χ1n) is 8.62. The molecule has 1 fully saturated rings. The second kappa shape index (κ2) is 7.64. The molecule has 1 aromatic heterocycles. The maximum atomic E-state index is 12.6. The van der Waals surface area contributed by atoms with Gasteiger partial charge in [-0.2, -0.15) is 0 Å². The third-order valence-corrected chi connectivity index (χ3v) is 4.86. The Morgan fingerprint density at radius 2 is 2.28 bits per heavy atom. The molecular formula is C18H24ClN3O3. The van der Waals surface area contributed by atoms with E-state index < -0.39 is 0 Å². The maximum Gasteiger partial charge on any atom is 0.322 e. The van der Waals surface area contributed by atoms with Crippen molar-refractivity contribution in [3.05, 3.63) is 28.5 Å². The van der Waals surface area contributed by atoms with Crippen molar-refractivity contribution in [1.82, 2.24) is 4.90 Å². The number of carbonyl (C=O) groups excluding carboxylic acids is 1. The molecule has 3 rings (SSSR count). The van der Waals surface area contributed by atoms with E-state index in [0.717, 1.165) is 29.6 Å². The quantitative estimate of drug-likeness (QED) is 0.868. The van der Waals surface area contributed by atoms with Crippen molar-refractivity contribution in [2.75, 3.05) is 31.6 Å². The number of halogens is 1. The molecule has 1 aliphatic rings. The van der Waals surface area contributed by atoms with Crippen molar-refractivity contribution in [3.63, 3.8) is 0 Å². The highest BCUT2D eigenvalue weighted by Crippen LogP contribution is 2.34. The van der Waals surface area contributed by atoms with Gasteiger partial charge in [0.05, 0.1) is 17.7 Å². The number of morpholine rings is 1. The third-order valence-electron chi connectivity index (χ3n) is 4.58. The van der Waals surface area contributed by atoms with Gasteiger partial charge in [0.2, 0.25) is 0 Å². The van der Waals surface area contributed by atoms with Crippen LogP contribution in [0.15, 0.2) is 16.5 Å². The molecule has 0 aliphatic carbocycles. The lowest BCUT2D eigenvalue weighted by Gasteiger charge is -2.32. The fraction of sp³-hybridized carbons (Fsp3) is 0.500. The second-order valence-corrected chi connectivity index (χ2v) is 6.69. The molecule has 1 aromatic carbocycles. The van der Waals surface area contributed by atoms with Crippen LogP contribution in [0.3, 0.4) is 0 Å². The van der Waals surface area contributed by atoms with E-state index in [1.54, 1.807) is 11.0 Å². The van der Waals surface area contributed by atoms with Crippen molar-refractivity contribution in [1.29, 1.82) is 0 Å². The van der Waals surface area contributed by atoms with E-state index in [2.05, 4.69) is 5.32 Å². The molecule has 0 unspecified atom stereocenters. The summed E-state index contributed by atoms with van der Waals surface area (Å²) in [6.45, 7) is 6.23. The standard InChI is InChI=1S/C18H24ClN3O3/c1-3-16-11(2)14-8-12(9-15(19)17(14)25-16)21-18(23)22-6-7-24-13(10-22)4-5-20/h8-9,13H,3-7,10,20H2,1-2H3,(H,21,23)/t13-/m0/s1. The van der Waals surface area contributed by atoms with Gasteiger partial charge in [-0.05, 0) is 37.6 Å². The minimum absolute atomic E-state index is 0.00111. The number of hydrogen-bond acceptors (Lipinski definition) is 4. The number of nitrogens with two attached hydrogens (primary N) is 1. The Balaban J connectivity index is 1.78. The molecule has 1 atom stereocenters. The molecule has 6 nitrogen and oxygen atoms in total. The number of benzene rings is 1. The summed E-state index contributed by atoms with van der Waals surface area (Å²) in [5.41, 5.74) is 7.97. The summed E-state index contributed by atoms with van der Waals surface area (Å²) in [5.74, 6) is 0.915. The lowest BCUT2D eigenvalue weighted by molar-refractivity contribution is -0.0146. The van der Waals surface area contributed by atoms with E-state index in [9.17, 15) is 4.79 Å². The molecule has 3 N–H and O–H groups in total. The molecule has 2 heterocycles. The predicted molar refractivity (Wildman–Crippen MR) is 99.3 cm³/mol. The Labute approximate surface area is 152 Å². The Bertz CT molecular complexity index is 773. The number of nitrogens with one attached hydrogen (secondary N) is 1. The molecule has 1 aliphatic heterocycles. The van der Waals surface area contributed by atoms with Gasteiger partial charge in [-0.3, -0.25) is 0 Å². The van der Waals surface area contributed by atoms with Crippen LogP contribution in [0.4, 0.5) is 10.5 Å². The highest BCUT2D eigenvalue weighted by Gasteiger charge is 2.24. The third kappa shape index (κ3) is 3.76. The number of carbonyl (C=O) groups is 1. The number of aryl methyl sites for hydroxylation is 2. The van der Waals surface area contributed by atoms with Crippen LogP contribution in [0.2, 0.25) is 5.02 Å². The van der Waals surface area contributed by atoms with E-state index in [0.29, 0.717) is 42.5 Å². The van der Waals surface area contributed by atoms with Crippen LogP contribution in [0, 0.1) is 6.92 Å². The summed E-state index contributed by atoms with van der Waals surface area (Å²) in [5, 5.41) is 4.37. The summed E-state index contributed by atoms with van der Waals surface area (Å²) in [6, 6.07) is 3.48. The lowest BCUT2D eigenvalue weighted by Crippen LogP contribution is -2.47. The lowest BCUT2D eigenvalue weighted by atomic mass is 10.1. The topological polar surface area (TPSA) is 80.7 Å². The van der Waals surface area contributed by atoms with Gasteiger partial charge in [0, 0.05) is 30.6 Å². The van der Waals surface area contributed by atoms with Gasteiger partial charge in [0.25, 0.3) is 0 Å². The molecule has 2 amide bonds. The highest BCUT2D eigenvalue weighted by atomic mass is 35.5. The molecule has 0 bridgehead atoms. The van der Waals surface area contributed by atoms with Crippen LogP contribution in [-0.4, -0.2) is 43.3 Å². The molecule has 136 valence electrons. The summed E-state index contributed by atoms with van der Waals surface area (Å²) in [4.78, 5) is 14.3. The Kier molecular flexibility index (Phi) is 5.51. The number of amides is 2. The van der Waals surface area contributed by atoms with Crippen molar-refractivity contribution in [2.45, 2.75) is 32.8 Å². The van der Waals surface area contributed by atoms with Gasteiger partial charge in [0.15, 0.2) is 5.58 Å². The van der Waals surface area contributed by atoms with Gasteiger partial charge in [-0.1, -0.05) is 18.5 Å². The number of anilines is 1. The Morgan fingerprint density at radius 1 is 1.48 bits per heavy atom. The van der Waals surface area contributed by atoms with Gasteiger partial charge in [-0.15, -0.1) is 0 Å². The average molecular weight is 366 g/mol. The fourth-order valence-electron chi connectivity index (χ4n) is 3.20. The monoisotopic (exact) mass is 365 g/mol. The zero-order chi connectivity index (χ0) is 18.0. The molecule has 0 saturated carbocycles. The number of rotatable bonds is 4. The normalized spacial score (nSPS) is 17.9. The van der Waals surface area contributed by atoms with E-state index in [1.165, 1.54) is 0 Å². The van der Waals surface area contributed by atoms with Crippen LogP contribution < -0.4 is 11.1 Å². The van der Waals surface area contributed by atoms with E-state index in [1.807, 2.05) is 19.9 Å². The highest BCUT2D eigenvalue weighted by molar-refractivity contribution is 6.35. The first kappa shape index (κ1) is 18.0. The van der Waals surface area contributed by atoms with Crippen LogP contribution in [-0.2, 0) is 11.2 Å². The van der Waals surface area contributed by atoms with E-state index >= 15 is 0 Å². The zero-order valence-corrected chi connectivity index (χ0v) is 15.4. The van der Waals surface area contributed by atoms with E-state index in [-0.39, 0.29) is 12.1 Å². The van der Waals surface area contributed by atoms with Crippen LogP contribution in [0.5, 0.6) is 0 Å². The first-order valence-corrected chi connectivity index (χ1v) is 9.00. The van der Waals surface area contributed by atoms with Crippen molar-refractivity contribution < 1.29 is 13.9 Å². The fourth-order valence-corrected chi connectivity index (χ4v) is 3.46. The number of ether oxygens (including phenoxy) is 1.